The molecule has 0 aliphatic carbocycles. The zero-order valence-corrected chi connectivity index (χ0v) is 13.0. The molecule has 0 bridgehead atoms. The van der Waals surface area contributed by atoms with E-state index in [4.69, 9.17) is 15.6 Å². The first kappa shape index (κ1) is 20.9. The highest BCUT2D eigenvalue weighted by molar-refractivity contribution is 5.85. The average molecular weight is 297 g/mol. The van der Waals surface area contributed by atoms with E-state index in [0.717, 1.165) is 12.8 Å². The molecule has 0 aromatic carbocycles. The lowest BCUT2D eigenvalue weighted by molar-refractivity contribution is -0.123. The molecule has 116 valence electrons. The van der Waals surface area contributed by atoms with Crippen molar-refractivity contribution in [3.8, 4) is 0 Å². The first-order valence-corrected chi connectivity index (χ1v) is 6.63. The molecule has 0 fully saturated rings. The number of aliphatic hydroxyl groups is 1. The molecule has 2 unspecified atom stereocenters. The van der Waals surface area contributed by atoms with Gasteiger partial charge in [-0.25, -0.2) is 0 Å². The van der Waals surface area contributed by atoms with Gasteiger partial charge in [0.1, 0.15) is 0 Å². The summed E-state index contributed by atoms with van der Waals surface area (Å²) in [6, 6.07) is 0. The number of nitrogens with two attached hydrogens (primary N) is 1. The van der Waals surface area contributed by atoms with Crippen LogP contribution in [-0.4, -0.2) is 43.9 Å². The molecule has 0 radical (unpaired) electrons. The average Bonchev–Trinajstić information content (AvgIpc) is 2.32. The Morgan fingerprint density at radius 2 is 2.05 bits per heavy atom. The van der Waals surface area contributed by atoms with Crippen molar-refractivity contribution in [2.45, 2.75) is 39.2 Å². The molecule has 0 aromatic rings. The summed E-state index contributed by atoms with van der Waals surface area (Å²) in [6.07, 6.45) is 1.81. The minimum atomic E-state index is -0.216. The van der Waals surface area contributed by atoms with E-state index in [1.807, 2.05) is 0 Å². The molecule has 1 amide bonds. The molecule has 0 heterocycles. The second-order valence-electron chi connectivity index (χ2n) is 5.11. The lowest BCUT2D eigenvalue weighted by atomic mass is 9.94. The first-order chi connectivity index (χ1) is 8.53. The molecule has 6 heteroatoms. The molecule has 5 nitrogen and oxygen atoms in total. The smallest absolute Gasteiger partial charge is 0.222 e. The lowest BCUT2D eigenvalue weighted by Gasteiger charge is -2.19. The van der Waals surface area contributed by atoms with Crippen molar-refractivity contribution in [3.63, 3.8) is 0 Å². The van der Waals surface area contributed by atoms with Crippen LogP contribution in [0.4, 0.5) is 0 Å². The summed E-state index contributed by atoms with van der Waals surface area (Å²) < 4.78 is 5.06. The Morgan fingerprint density at radius 1 is 1.42 bits per heavy atom. The van der Waals surface area contributed by atoms with Crippen molar-refractivity contribution in [3.05, 3.63) is 0 Å². The summed E-state index contributed by atoms with van der Waals surface area (Å²) in [4.78, 5) is 11.7. The summed E-state index contributed by atoms with van der Waals surface area (Å²) in [5, 5.41) is 11.9. The molecule has 0 saturated heterocycles. The molecular formula is C13H29ClN2O3. The van der Waals surface area contributed by atoms with Crippen LogP contribution in [0.25, 0.3) is 0 Å². The largest absolute Gasteiger partial charge is 0.396 e. The predicted molar refractivity (Wildman–Crippen MR) is 79.4 cm³/mol. The third-order valence-corrected chi connectivity index (χ3v) is 2.94. The number of hydrogen-bond acceptors (Lipinski definition) is 4. The van der Waals surface area contributed by atoms with Gasteiger partial charge >= 0.3 is 0 Å². The van der Waals surface area contributed by atoms with E-state index in [9.17, 15) is 4.79 Å². The Kier molecular flexibility index (Phi) is 14.0. The summed E-state index contributed by atoms with van der Waals surface area (Å²) >= 11 is 0. The van der Waals surface area contributed by atoms with Gasteiger partial charge in [0.05, 0.1) is 12.5 Å². The molecule has 19 heavy (non-hydrogen) atoms. The minimum absolute atomic E-state index is 0. The van der Waals surface area contributed by atoms with Crippen LogP contribution < -0.4 is 11.1 Å². The Labute approximate surface area is 122 Å². The van der Waals surface area contributed by atoms with Crippen LogP contribution in [0.3, 0.4) is 0 Å². The van der Waals surface area contributed by atoms with Crippen molar-refractivity contribution < 1.29 is 14.6 Å². The van der Waals surface area contributed by atoms with Gasteiger partial charge in [-0.2, -0.15) is 0 Å². The number of halogens is 1. The van der Waals surface area contributed by atoms with Gasteiger partial charge in [0.2, 0.25) is 5.91 Å². The summed E-state index contributed by atoms with van der Waals surface area (Å²) in [6.45, 7) is 5.40. The van der Waals surface area contributed by atoms with Crippen molar-refractivity contribution in [1.29, 1.82) is 0 Å². The zero-order valence-electron chi connectivity index (χ0n) is 12.2. The molecule has 0 aromatic heterocycles. The summed E-state index contributed by atoms with van der Waals surface area (Å²) in [7, 11) is 1.55. The van der Waals surface area contributed by atoms with E-state index in [1.165, 1.54) is 0 Å². The van der Waals surface area contributed by atoms with Gasteiger partial charge in [-0.15, -0.1) is 12.4 Å². The lowest BCUT2D eigenvalue weighted by Crippen LogP contribution is -2.35. The van der Waals surface area contributed by atoms with Crippen LogP contribution in [0.5, 0.6) is 0 Å². The number of aliphatic hydroxyl groups excluding tert-OH is 1. The fraction of sp³-hybridized carbons (Fsp3) is 0.923. The number of hydrogen-bond donors (Lipinski definition) is 3. The summed E-state index contributed by atoms with van der Waals surface area (Å²) in [5.41, 5.74) is 5.46. The van der Waals surface area contributed by atoms with Crippen molar-refractivity contribution in [1.82, 2.24) is 5.32 Å². The van der Waals surface area contributed by atoms with Crippen LogP contribution in [0, 0.1) is 11.8 Å². The van der Waals surface area contributed by atoms with Crippen LogP contribution >= 0.6 is 12.4 Å². The molecule has 0 spiro atoms. The van der Waals surface area contributed by atoms with E-state index in [1.54, 1.807) is 7.11 Å². The SMILES string of the molecule is COC(CN)CC(=O)NCC(CCO)CC(C)C.Cl. The topological polar surface area (TPSA) is 84.6 Å². The number of carbonyl (C=O) groups is 1. The quantitative estimate of drug-likeness (QED) is 0.560. The van der Waals surface area contributed by atoms with Gasteiger partial charge in [-0.1, -0.05) is 13.8 Å². The fourth-order valence-electron chi connectivity index (χ4n) is 1.95. The van der Waals surface area contributed by atoms with Gasteiger partial charge in [0.15, 0.2) is 0 Å². The van der Waals surface area contributed by atoms with Gasteiger partial charge in [0.25, 0.3) is 0 Å². The number of carbonyl (C=O) groups excluding carboxylic acids is 1. The highest BCUT2D eigenvalue weighted by atomic mass is 35.5. The number of amides is 1. The molecule has 0 rings (SSSR count). The maximum absolute atomic E-state index is 11.7. The van der Waals surface area contributed by atoms with E-state index >= 15 is 0 Å². The Balaban J connectivity index is 0. The standard InChI is InChI=1S/C13H28N2O3.ClH/c1-10(2)6-11(4-5-16)9-15-13(17)7-12(8-14)18-3;/h10-12,16H,4-9,14H2,1-3H3,(H,15,17);1H. The van der Waals surface area contributed by atoms with Gasteiger partial charge in [-0.05, 0) is 24.7 Å². The molecule has 0 aliphatic heterocycles. The number of methoxy groups -OCH3 is 1. The maximum Gasteiger partial charge on any atom is 0.222 e. The second-order valence-corrected chi connectivity index (χ2v) is 5.11. The van der Waals surface area contributed by atoms with Crippen LogP contribution in [0.1, 0.15) is 33.1 Å². The van der Waals surface area contributed by atoms with Gasteiger partial charge < -0.3 is 20.9 Å². The maximum atomic E-state index is 11.7. The second kappa shape index (κ2) is 12.7. The van der Waals surface area contributed by atoms with Crippen LogP contribution in [0.15, 0.2) is 0 Å². The zero-order chi connectivity index (χ0) is 14.0. The number of rotatable bonds is 10. The fourth-order valence-corrected chi connectivity index (χ4v) is 1.95. The Morgan fingerprint density at radius 3 is 2.47 bits per heavy atom. The molecule has 0 aliphatic rings. The van der Waals surface area contributed by atoms with Crippen LogP contribution in [-0.2, 0) is 9.53 Å². The summed E-state index contributed by atoms with van der Waals surface area (Å²) in [5.74, 6) is 0.853. The van der Waals surface area contributed by atoms with E-state index in [2.05, 4.69) is 19.2 Å². The van der Waals surface area contributed by atoms with Crippen molar-refractivity contribution >= 4 is 18.3 Å². The van der Waals surface area contributed by atoms with Crippen molar-refractivity contribution in [2.24, 2.45) is 17.6 Å². The van der Waals surface area contributed by atoms with Crippen LogP contribution in [0.2, 0.25) is 0 Å². The minimum Gasteiger partial charge on any atom is -0.396 e. The number of ether oxygens (including phenoxy) is 1. The van der Waals surface area contributed by atoms with E-state index in [-0.39, 0.29) is 31.0 Å². The monoisotopic (exact) mass is 296 g/mol. The number of nitrogens with one attached hydrogen (secondary N) is 1. The molecule has 0 saturated carbocycles. The van der Waals surface area contributed by atoms with Gasteiger partial charge in [0, 0.05) is 26.8 Å². The van der Waals surface area contributed by atoms with Crippen molar-refractivity contribution in [2.75, 3.05) is 26.8 Å². The predicted octanol–water partition coefficient (Wildman–Crippen LogP) is 0.933. The van der Waals surface area contributed by atoms with Gasteiger partial charge in [-0.3, -0.25) is 4.79 Å². The Bertz CT molecular complexity index is 224. The molecule has 2 atom stereocenters. The highest BCUT2D eigenvalue weighted by Gasteiger charge is 2.14. The normalized spacial score (nSPS) is 13.8. The Hall–Kier alpha value is -0.360. The molecular weight excluding hydrogens is 268 g/mol. The third-order valence-electron chi connectivity index (χ3n) is 2.94. The third kappa shape index (κ3) is 11.2. The van der Waals surface area contributed by atoms with E-state index < -0.39 is 0 Å². The highest BCUT2D eigenvalue weighted by Crippen LogP contribution is 2.14. The first-order valence-electron chi connectivity index (χ1n) is 6.63. The van der Waals surface area contributed by atoms with E-state index in [0.29, 0.717) is 31.3 Å². The molecule has 4 N–H and O–H groups in total.